The largest absolute Gasteiger partial charge is 0.353 e. The Labute approximate surface area is 118 Å². The van der Waals surface area contributed by atoms with E-state index < -0.39 is 0 Å². The van der Waals surface area contributed by atoms with Crippen LogP contribution in [0.15, 0.2) is 43.0 Å². The molecule has 1 atom stereocenters. The monoisotopic (exact) mass is 273 g/mol. The minimum absolute atomic E-state index is 0.261. The molecule has 1 N–H and O–H groups in total. The summed E-state index contributed by atoms with van der Waals surface area (Å²) in [5.74, 6) is 0.906. The number of nitrogens with one attached hydrogen (secondary N) is 1. The Kier molecular flexibility index (Phi) is 5.10. The fraction of sp³-hybridized carbons (Fsp3) is 0.333. The first kappa shape index (κ1) is 13.7. The van der Waals surface area contributed by atoms with Crippen LogP contribution in [0.2, 0.25) is 0 Å². The molecule has 0 spiro atoms. The first-order valence-corrected chi connectivity index (χ1v) is 7.35. The van der Waals surface area contributed by atoms with E-state index in [9.17, 15) is 0 Å². The zero-order valence-electron chi connectivity index (χ0n) is 11.2. The molecule has 0 saturated heterocycles. The smallest absolute Gasteiger partial charge is 0.203 e. The molecule has 0 radical (unpaired) electrons. The molecule has 0 fully saturated rings. The Morgan fingerprint density at radius 2 is 2.16 bits per heavy atom. The van der Waals surface area contributed by atoms with E-state index in [1.807, 2.05) is 12.1 Å². The van der Waals surface area contributed by atoms with Crippen LogP contribution >= 0.6 is 11.5 Å². The highest BCUT2D eigenvalue weighted by molar-refractivity contribution is 7.09. The molecule has 0 bridgehead atoms. The molecule has 1 aromatic heterocycles. The predicted molar refractivity (Wildman–Crippen MR) is 81.5 cm³/mol. The third-order valence-corrected chi connectivity index (χ3v) is 3.63. The molecule has 0 amide bonds. The molecule has 4 heteroatoms. The Bertz CT molecular complexity index is 507. The van der Waals surface area contributed by atoms with E-state index in [1.54, 1.807) is 0 Å². The van der Waals surface area contributed by atoms with Gasteiger partial charge in [-0.05, 0) is 18.4 Å². The first-order chi connectivity index (χ1) is 9.33. The Balaban J connectivity index is 2.11. The maximum atomic E-state index is 4.47. The van der Waals surface area contributed by atoms with Gasteiger partial charge in [0, 0.05) is 18.0 Å². The van der Waals surface area contributed by atoms with Crippen LogP contribution < -0.4 is 5.32 Å². The number of anilines is 1. The van der Waals surface area contributed by atoms with Gasteiger partial charge < -0.3 is 5.32 Å². The van der Waals surface area contributed by atoms with Crippen molar-refractivity contribution in [3.63, 3.8) is 0 Å². The van der Waals surface area contributed by atoms with Crippen LogP contribution in [-0.4, -0.2) is 9.36 Å². The molecular formula is C15H19N3S. The normalized spacial score (nSPS) is 12.1. The lowest BCUT2D eigenvalue weighted by Crippen LogP contribution is -2.10. The Morgan fingerprint density at radius 3 is 2.79 bits per heavy atom. The van der Waals surface area contributed by atoms with Gasteiger partial charge in [-0.1, -0.05) is 43.3 Å². The molecule has 0 aliphatic heterocycles. The zero-order valence-corrected chi connectivity index (χ0v) is 12.0. The van der Waals surface area contributed by atoms with Gasteiger partial charge in [0.05, 0.1) is 6.04 Å². The van der Waals surface area contributed by atoms with Crippen LogP contribution in [-0.2, 0) is 6.42 Å². The number of aryl methyl sites for hydroxylation is 1. The molecule has 1 heterocycles. The minimum atomic E-state index is 0.261. The topological polar surface area (TPSA) is 37.8 Å². The third-order valence-electron chi connectivity index (χ3n) is 2.94. The van der Waals surface area contributed by atoms with Crippen molar-refractivity contribution in [1.29, 1.82) is 0 Å². The second kappa shape index (κ2) is 7.04. The van der Waals surface area contributed by atoms with E-state index >= 15 is 0 Å². The third kappa shape index (κ3) is 3.89. The van der Waals surface area contributed by atoms with Gasteiger partial charge >= 0.3 is 0 Å². The quantitative estimate of drug-likeness (QED) is 0.767. The van der Waals surface area contributed by atoms with Crippen molar-refractivity contribution in [2.75, 3.05) is 5.32 Å². The summed E-state index contributed by atoms with van der Waals surface area (Å²) in [4.78, 5) is 4.47. The average molecular weight is 273 g/mol. The highest BCUT2D eigenvalue weighted by atomic mass is 32.1. The highest BCUT2D eigenvalue weighted by Crippen LogP contribution is 2.25. The van der Waals surface area contributed by atoms with Crippen LogP contribution in [0.25, 0.3) is 0 Å². The number of rotatable bonds is 7. The van der Waals surface area contributed by atoms with Gasteiger partial charge in [-0.15, -0.1) is 6.58 Å². The Hall–Kier alpha value is -1.68. The van der Waals surface area contributed by atoms with Gasteiger partial charge in [0.2, 0.25) is 5.13 Å². The first-order valence-electron chi connectivity index (χ1n) is 6.58. The van der Waals surface area contributed by atoms with Crippen molar-refractivity contribution in [2.45, 2.75) is 32.2 Å². The number of aromatic nitrogens is 2. The molecule has 1 unspecified atom stereocenters. The van der Waals surface area contributed by atoms with Gasteiger partial charge in [0.25, 0.3) is 0 Å². The van der Waals surface area contributed by atoms with Crippen LogP contribution in [0, 0.1) is 0 Å². The van der Waals surface area contributed by atoms with Gasteiger partial charge in [0.15, 0.2) is 0 Å². The van der Waals surface area contributed by atoms with Gasteiger partial charge in [-0.3, -0.25) is 0 Å². The average Bonchev–Trinajstić information content (AvgIpc) is 2.92. The molecule has 0 aliphatic rings. The maximum Gasteiger partial charge on any atom is 0.203 e. The second-order valence-corrected chi connectivity index (χ2v) is 5.09. The zero-order chi connectivity index (χ0) is 13.5. The molecule has 1 aromatic carbocycles. The molecule has 100 valence electrons. The highest BCUT2D eigenvalue weighted by Gasteiger charge is 2.12. The summed E-state index contributed by atoms with van der Waals surface area (Å²) in [7, 11) is 0. The SMILES string of the molecule is C=CCCC(Nc1nc(CC)ns1)c1ccccc1. The van der Waals surface area contributed by atoms with E-state index in [0.29, 0.717) is 0 Å². The molecule has 3 nitrogen and oxygen atoms in total. The number of benzene rings is 1. The summed E-state index contributed by atoms with van der Waals surface area (Å²) in [6, 6.07) is 10.7. The van der Waals surface area contributed by atoms with Gasteiger partial charge in [-0.2, -0.15) is 4.37 Å². The van der Waals surface area contributed by atoms with E-state index in [2.05, 4.69) is 52.4 Å². The molecule has 0 aliphatic carbocycles. The number of hydrogen-bond donors (Lipinski definition) is 1. The van der Waals surface area contributed by atoms with Gasteiger partial charge in [-0.25, -0.2) is 4.98 Å². The molecule has 2 aromatic rings. The second-order valence-electron chi connectivity index (χ2n) is 4.34. The summed E-state index contributed by atoms with van der Waals surface area (Å²) in [5, 5.41) is 4.38. The van der Waals surface area contributed by atoms with Crippen LogP contribution in [0.1, 0.15) is 37.2 Å². The Morgan fingerprint density at radius 1 is 1.37 bits per heavy atom. The van der Waals surface area contributed by atoms with Crippen molar-refractivity contribution < 1.29 is 0 Å². The van der Waals surface area contributed by atoms with Crippen molar-refractivity contribution in [3.8, 4) is 0 Å². The summed E-state index contributed by atoms with van der Waals surface area (Å²) < 4.78 is 4.31. The lowest BCUT2D eigenvalue weighted by atomic mass is 10.0. The molecule has 19 heavy (non-hydrogen) atoms. The van der Waals surface area contributed by atoms with Crippen molar-refractivity contribution in [2.24, 2.45) is 0 Å². The maximum absolute atomic E-state index is 4.47. The van der Waals surface area contributed by atoms with E-state index in [4.69, 9.17) is 0 Å². The molecule has 2 rings (SSSR count). The standard InChI is InChI=1S/C15H19N3S/c1-3-5-11-13(12-9-7-6-8-10-12)16-15-17-14(4-2)18-19-15/h3,6-10,13H,1,4-5,11H2,2H3,(H,16,17,18). The van der Waals surface area contributed by atoms with Crippen LogP contribution in [0.3, 0.4) is 0 Å². The molecule has 0 saturated carbocycles. The lowest BCUT2D eigenvalue weighted by Gasteiger charge is -2.17. The lowest BCUT2D eigenvalue weighted by molar-refractivity contribution is 0.704. The number of allylic oxidation sites excluding steroid dienone is 1. The summed E-state index contributed by atoms with van der Waals surface area (Å²) in [5.41, 5.74) is 1.28. The molecular weight excluding hydrogens is 254 g/mol. The van der Waals surface area contributed by atoms with Crippen LogP contribution in [0.4, 0.5) is 5.13 Å². The summed E-state index contributed by atoms with van der Waals surface area (Å²) in [6.45, 7) is 5.87. The fourth-order valence-corrected chi connectivity index (χ4v) is 2.60. The van der Waals surface area contributed by atoms with Crippen LogP contribution in [0.5, 0.6) is 0 Å². The summed E-state index contributed by atoms with van der Waals surface area (Å²) in [6.07, 6.45) is 4.82. The van der Waals surface area contributed by atoms with E-state index in [1.165, 1.54) is 17.1 Å². The van der Waals surface area contributed by atoms with E-state index in [0.717, 1.165) is 30.2 Å². The van der Waals surface area contributed by atoms with Crippen molar-refractivity contribution >= 4 is 16.7 Å². The van der Waals surface area contributed by atoms with Crippen molar-refractivity contribution in [3.05, 3.63) is 54.4 Å². The number of nitrogens with zero attached hydrogens (tertiary/aromatic N) is 2. The fourth-order valence-electron chi connectivity index (χ4n) is 1.90. The number of hydrogen-bond acceptors (Lipinski definition) is 4. The van der Waals surface area contributed by atoms with Gasteiger partial charge in [0.1, 0.15) is 5.82 Å². The summed E-state index contributed by atoms with van der Waals surface area (Å²) >= 11 is 1.43. The van der Waals surface area contributed by atoms with Crippen molar-refractivity contribution in [1.82, 2.24) is 9.36 Å². The predicted octanol–water partition coefficient (Wildman–Crippen LogP) is 4.22. The van der Waals surface area contributed by atoms with E-state index in [-0.39, 0.29) is 6.04 Å². The minimum Gasteiger partial charge on any atom is -0.353 e.